The van der Waals surface area contributed by atoms with E-state index in [1.807, 2.05) is 0 Å². The average molecular weight is 321 g/mol. The van der Waals surface area contributed by atoms with Gasteiger partial charge in [-0.25, -0.2) is 9.67 Å². The van der Waals surface area contributed by atoms with Gasteiger partial charge < -0.3 is 4.74 Å². The van der Waals surface area contributed by atoms with Gasteiger partial charge in [0.1, 0.15) is 5.75 Å². The molecule has 0 saturated carbocycles. The van der Waals surface area contributed by atoms with Crippen molar-refractivity contribution in [3.63, 3.8) is 0 Å². The number of aryl methyl sites for hydroxylation is 1. The number of ether oxygens (including phenoxy) is 1. The Hall–Kier alpha value is -2.57. The van der Waals surface area contributed by atoms with Crippen LogP contribution in [0.5, 0.6) is 5.75 Å². The van der Waals surface area contributed by atoms with E-state index in [0.717, 1.165) is 6.07 Å². The SMILES string of the molecule is CCn1ncc2c(C(F)(F)F)cc(-c3ccc(OC)cc3)nc21. The summed E-state index contributed by atoms with van der Waals surface area (Å²) in [6.07, 6.45) is -3.25. The van der Waals surface area contributed by atoms with E-state index in [0.29, 0.717) is 17.9 Å². The predicted octanol–water partition coefficient (Wildman–Crippen LogP) is 4.15. The highest BCUT2D eigenvalue weighted by Crippen LogP contribution is 2.36. The van der Waals surface area contributed by atoms with E-state index in [4.69, 9.17) is 4.74 Å². The summed E-state index contributed by atoms with van der Waals surface area (Å²) < 4.78 is 46.6. The Kier molecular flexibility index (Phi) is 3.71. The Balaban J connectivity index is 2.24. The first-order valence-electron chi connectivity index (χ1n) is 7.02. The molecule has 2 aromatic heterocycles. The molecular weight excluding hydrogens is 307 g/mol. The lowest BCUT2D eigenvalue weighted by molar-refractivity contribution is -0.136. The molecular formula is C16H14F3N3O. The van der Waals surface area contributed by atoms with Gasteiger partial charge in [0.15, 0.2) is 5.65 Å². The van der Waals surface area contributed by atoms with Crippen molar-refractivity contribution < 1.29 is 17.9 Å². The number of hydrogen-bond acceptors (Lipinski definition) is 3. The van der Waals surface area contributed by atoms with Crippen LogP contribution in [0.4, 0.5) is 13.2 Å². The zero-order chi connectivity index (χ0) is 16.6. The fourth-order valence-corrected chi connectivity index (χ4v) is 2.42. The lowest BCUT2D eigenvalue weighted by Crippen LogP contribution is -2.07. The van der Waals surface area contributed by atoms with Crippen LogP contribution in [0.3, 0.4) is 0 Å². The molecule has 1 aromatic carbocycles. The maximum atomic E-state index is 13.4. The van der Waals surface area contributed by atoms with Crippen LogP contribution in [-0.4, -0.2) is 21.9 Å². The van der Waals surface area contributed by atoms with Crippen molar-refractivity contribution in [1.82, 2.24) is 14.8 Å². The van der Waals surface area contributed by atoms with E-state index >= 15 is 0 Å². The summed E-state index contributed by atoms with van der Waals surface area (Å²) in [5.41, 5.74) is 0.339. The molecule has 7 heteroatoms. The molecule has 23 heavy (non-hydrogen) atoms. The number of benzene rings is 1. The second kappa shape index (κ2) is 5.57. The molecule has 0 aliphatic heterocycles. The molecule has 3 aromatic rings. The summed E-state index contributed by atoms with van der Waals surface area (Å²) in [7, 11) is 1.53. The van der Waals surface area contributed by atoms with Gasteiger partial charge in [-0.1, -0.05) is 0 Å². The van der Waals surface area contributed by atoms with Gasteiger partial charge in [0.25, 0.3) is 0 Å². The summed E-state index contributed by atoms with van der Waals surface area (Å²) >= 11 is 0. The molecule has 0 spiro atoms. The number of pyridine rings is 1. The summed E-state index contributed by atoms with van der Waals surface area (Å²) in [5.74, 6) is 0.629. The molecule has 0 saturated heterocycles. The van der Waals surface area contributed by atoms with Crippen LogP contribution >= 0.6 is 0 Å². The number of hydrogen-bond donors (Lipinski definition) is 0. The molecule has 0 bridgehead atoms. The molecule has 0 fully saturated rings. The third kappa shape index (κ3) is 2.74. The van der Waals surface area contributed by atoms with E-state index in [9.17, 15) is 13.2 Å². The van der Waals surface area contributed by atoms with Crippen molar-refractivity contribution in [2.75, 3.05) is 7.11 Å². The van der Waals surface area contributed by atoms with Crippen LogP contribution in [0.1, 0.15) is 12.5 Å². The van der Waals surface area contributed by atoms with E-state index in [2.05, 4.69) is 10.1 Å². The van der Waals surface area contributed by atoms with Gasteiger partial charge in [-0.15, -0.1) is 0 Å². The number of rotatable bonds is 3. The summed E-state index contributed by atoms with van der Waals surface area (Å²) in [4.78, 5) is 4.37. The van der Waals surface area contributed by atoms with Crippen molar-refractivity contribution in [1.29, 1.82) is 0 Å². The number of nitrogens with zero attached hydrogens (tertiary/aromatic N) is 3. The number of methoxy groups -OCH3 is 1. The van der Waals surface area contributed by atoms with Crippen LogP contribution < -0.4 is 4.74 Å². The van der Waals surface area contributed by atoms with Gasteiger partial charge in [-0.2, -0.15) is 18.3 Å². The topological polar surface area (TPSA) is 39.9 Å². The lowest BCUT2D eigenvalue weighted by Gasteiger charge is -2.11. The lowest BCUT2D eigenvalue weighted by atomic mass is 10.1. The van der Waals surface area contributed by atoms with Crippen LogP contribution in [0.15, 0.2) is 36.5 Å². The monoisotopic (exact) mass is 321 g/mol. The molecule has 4 nitrogen and oxygen atoms in total. The normalized spacial score (nSPS) is 11.9. The Bertz CT molecular complexity index is 838. The minimum atomic E-state index is -4.47. The van der Waals surface area contributed by atoms with Crippen molar-refractivity contribution in [3.8, 4) is 17.0 Å². The van der Waals surface area contributed by atoms with Gasteiger partial charge >= 0.3 is 6.18 Å². The highest BCUT2D eigenvalue weighted by molar-refractivity contribution is 5.83. The molecule has 0 unspecified atom stereocenters. The van der Waals surface area contributed by atoms with E-state index < -0.39 is 11.7 Å². The number of fused-ring (bicyclic) bond motifs is 1. The fraction of sp³-hybridized carbons (Fsp3) is 0.250. The maximum absolute atomic E-state index is 13.4. The van der Waals surface area contributed by atoms with Gasteiger partial charge in [-0.05, 0) is 37.3 Å². The number of halogens is 3. The molecule has 3 rings (SSSR count). The maximum Gasteiger partial charge on any atom is 0.417 e. The molecule has 120 valence electrons. The largest absolute Gasteiger partial charge is 0.497 e. The van der Waals surface area contributed by atoms with Gasteiger partial charge in [0, 0.05) is 12.1 Å². The standard InChI is InChI=1S/C16H14F3N3O/c1-3-22-15-12(9-20-22)13(16(17,18)19)8-14(21-15)10-4-6-11(23-2)7-5-10/h4-9H,3H2,1-2H3. The Morgan fingerprint density at radius 3 is 2.43 bits per heavy atom. The van der Waals surface area contributed by atoms with Crippen molar-refractivity contribution >= 4 is 11.0 Å². The Morgan fingerprint density at radius 1 is 1.17 bits per heavy atom. The Morgan fingerprint density at radius 2 is 1.87 bits per heavy atom. The summed E-state index contributed by atoms with van der Waals surface area (Å²) in [5, 5.41) is 4.00. The third-order valence-corrected chi connectivity index (χ3v) is 3.60. The zero-order valence-corrected chi connectivity index (χ0v) is 12.6. The third-order valence-electron chi connectivity index (χ3n) is 3.60. The van der Waals surface area contributed by atoms with Crippen LogP contribution in [0.2, 0.25) is 0 Å². The highest BCUT2D eigenvalue weighted by atomic mass is 19.4. The minimum Gasteiger partial charge on any atom is -0.497 e. The molecule has 2 heterocycles. The molecule has 0 aliphatic rings. The average Bonchev–Trinajstić information content (AvgIpc) is 2.96. The van der Waals surface area contributed by atoms with Gasteiger partial charge in [0.2, 0.25) is 0 Å². The van der Waals surface area contributed by atoms with Crippen LogP contribution in [0.25, 0.3) is 22.3 Å². The summed E-state index contributed by atoms with van der Waals surface area (Å²) in [6.45, 7) is 2.25. The molecule has 0 radical (unpaired) electrons. The van der Waals surface area contributed by atoms with E-state index in [1.54, 1.807) is 31.2 Å². The number of alkyl halides is 3. The van der Waals surface area contributed by atoms with E-state index in [1.165, 1.54) is 18.0 Å². The molecule has 0 aliphatic carbocycles. The van der Waals surface area contributed by atoms with Crippen LogP contribution in [-0.2, 0) is 12.7 Å². The summed E-state index contributed by atoms with van der Waals surface area (Å²) in [6, 6.07) is 7.79. The van der Waals surface area contributed by atoms with Crippen molar-refractivity contribution in [3.05, 3.63) is 42.1 Å². The first-order chi connectivity index (χ1) is 10.9. The smallest absolute Gasteiger partial charge is 0.417 e. The van der Waals surface area contributed by atoms with Gasteiger partial charge in [-0.3, -0.25) is 0 Å². The molecule has 0 amide bonds. The second-order valence-corrected chi connectivity index (χ2v) is 4.98. The number of aromatic nitrogens is 3. The van der Waals surface area contributed by atoms with Crippen LogP contribution in [0, 0.1) is 0 Å². The quantitative estimate of drug-likeness (QED) is 0.728. The minimum absolute atomic E-state index is 0.0108. The first kappa shape index (κ1) is 15.3. The second-order valence-electron chi connectivity index (χ2n) is 4.98. The predicted molar refractivity (Wildman–Crippen MR) is 80.2 cm³/mol. The van der Waals surface area contributed by atoms with E-state index in [-0.39, 0.29) is 16.7 Å². The van der Waals surface area contributed by atoms with Crippen molar-refractivity contribution in [2.24, 2.45) is 0 Å². The molecule has 0 atom stereocenters. The molecule has 0 N–H and O–H groups in total. The van der Waals surface area contributed by atoms with Crippen molar-refractivity contribution in [2.45, 2.75) is 19.6 Å². The van der Waals surface area contributed by atoms with Gasteiger partial charge in [0.05, 0.1) is 30.0 Å². The Labute approximate surface area is 130 Å². The zero-order valence-electron chi connectivity index (χ0n) is 12.6. The highest BCUT2D eigenvalue weighted by Gasteiger charge is 2.34. The fourth-order valence-electron chi connectivity index (χ4n) is 2.42. The first-order valence-corrected chi connectivity index (χ1v) is 7.02.